The number of amides is 2. The Labute approximate surface area is 184 Å². The van der Waals surface area contributed by atoms with Crippen LogP contribution in [0.25, 0.3) is 0 Å². The highest BCUT2D eigenvalue weighted by Crippen LogP contribution is 2.26. The molecule has 2 amide bonds. The standard InChI is InChI=1S/C24H21N3O3S/c1-16-7-9-18(10-8-16)26-24-27-22(28)15-21(31-24)23(29)25-17-11-13-20(14-12-17)30-19-5-3-2-4-6-19/h2-14,21H,15H2,1H3,(H,25,29)(H,26,27,28)/t21-/m1/s1. The first-order valence-electron chi connectivity index (χ1n) is 9.81. The highest BCUT2D eigenvalue weighted by Gasteiger charge is 2.30. The van der Waals surface area contributed by atoms with Crippen molar-refractivity contribution in [2.24, 2.45) is 4.99 Å². The van der Waals surface area contributed by atoms with Crippen molar-refractivity contribution in [2.75, 3.05) is 5.32 Å². The lowest BCUT2D eigenvalue weighted by Gasteiger charge is -2.22. The molecule has 1 atom stereocenters. The minimum absolute atomic E-state index is 0.0959. The van der Waals surface area contributed by atoms with Gasteiger partial charge in [-0.3, -0.25) is 9.59 Å². The summed E-state index contributed by atoms with van der Waals surface area (Å²) in [5, 5.41) is 5.47. The van der Waals surface area contributed by atoms with E-state index in [4.69, 9.17) is 4.74 Å². The van der Waals surface area contributed by atoms with Gasteiger partial charge in [0.15, 0.2) is 5.17 Å². The highest BCUT2D eigenvalue weighted by molar-refractivity contribution is 8.15. The van der Waals surface area contributed by atoms with Gasteiger partial charge in [-0.1, -0.05) is 47.7 Å². The van der Waals surface area contributed by atoms with Crippen LogP contribution in [-0.2, 0) is 9.59 Å². The van der Waals surface area contributed by atoms with Crippen molar-refractivity contribution in [3.63, 3.8) is 0 Å². The predicted octanol–water partition coefficient (Wildman–Crippen LogP) is 5.04. The molecule has 3 aromatic carbocycles. The lowest BCUT2D eigenvalue weighted by Crippen LogP contribution is -2.41. The van der Waals surface area contributed by atoms with Gasteiger partial charge in [-0.05, 0) is 55.5 Å². The van der Waals surface area contributed by atoms with E-state index >= 15 is 0 Å². The maximum atomic E-state index is 12.7. The summed E-state index contributed by atoms with van der Waals surface area (Å²) in [5.74, 6) is 0.942. The van der Waals surface area contributed by atoms with Gasteiger partial charge < -0.3 is 15.4 Å². The molecule has 0 spiro atoms. The number of carbonyl (C=O) groups is 2. The molecule has 6 nitrogen and oxygen atoms in total. The van der Waals surface area contributed by atoms with Crippen LogP contribution in [-0.4, -0.2) is 22.2 Å². The summed E-state index contributed by atoms with van der Waals surface area (Å²) >= 11 is 1.25. The second kappa shape index (κ2) is 9.49. The van der Waals surface area contributed by atoms with Gasteiger partial charge in [0, 0.05) is 12.1 Å². The Morgan fingerprint density at radius 2 is 1.68 bits per heavy atom. The number of anilines is 1. The van der Waals surface area contributed by atoms with E-state index in [2.05, 4.69) is 15.6 Å². The average molecular weight is 432 g/mol. The summed E-state index contributed by atoms with van der Waals surface area (Å²) in [6.45, 7) is 1.99. The predicted molar refractivity (Wildman–Crippen MR) is 124 cm³/mol. The molecular weight excluding hydrogens is 410 g/mol. The quantitative estimate of drug-likeness (QED) is 0.593. The van der Waals surface area contributed by atoms with E-state index in [1.807, 2.05) is 61.5 Å². The van der Waals surface area contributed by atoms with Crippen LogP contribution in [0.1, 0.15) is 12.0 Å². The highest BCUT2D eigenvalue weighted by atomic mass is 32.2. The third-order valence-corrected chi connectivity index (χ3v) is 5.61. The number of thioether (sulfide) groups is 1. The molecular formula is C24H21N3O3S. The van der Waals surface area contributed by atoms with Gasteiger partial charge in [0.2, 0.25) is 11.8 Å². The largest absolute Gasteiger partial charge is 0.457 e. The van der Waals surface area contributed by atoms with Crippen molar-refractivity contribution in [1.82, 2.24) is 5.32 Å². The minimum Gasteiger partial charge on any atom is -0.457 e. The number of nitrogens with zero attached hydrogens (tertiary/aromatic N) is 1. The number of hydrogen-bond donors (Lipinski definition) is 2. The molecule has 1 heterocycles. The number of hydrogen-bond acceptors (Lipinski definition) is 5. The van der Waals surface area contributed by atoms with E-state index in [1.165, 1.54) is 11.8 Å². The number of carbonyl (C=O) groups excluding carboxylic acids is 2. The summed E-state index contributed by atoms with van der Waals surface area (Å²) in [4.78, 5) is 29.3. The molecule has 2 N–H and O–H groups in total. The van der Waals surface area contributed by atoms with E-state index in [1.54, 1.807) is 24.3 Å². The van der Waals surface area contributed by atoms with Gasteiger partial charge in [0.1, 0.15) is 16.7 Å². The number of benzene rings is 3. The van der Waals surface area contributed by atoms with Gasteiger partial charge in [-0.15, -0.1) is 0 Å². The van der Waals surface area contributed by atoms with Crippen LogP contribution < -0.4 is 15.4 Å². The van der Waals surface area contributed by atoms with E-state index in [0.717, 1.165) is 17.0 Å². The monoisotopic (exact) mass is 431 g/mol. The lowest BCUT2D eigenvalue weighted by molar-refractivity contribution is -0.123. The molecule has 1 saturated heterocycles. The molecule has 1 fully saturated rings. The number of nitrogens with one attached hydrogen (secondary N) is 2. The van der Waals surface area contributed by atoms with Crippen LogP contribution in [0.5, 0.6) is 11.5 Å². The normalized spacial score (nSPS) is 17.1. The molecule has 0 aromatic heterocycles. The van der Waals surface area contributed by atoms with E-state index in [0.29, 0.717) is 16.6 Å². The van der Waals surface area contributed by atoms with E-state index < -0.39 is 5.25 Å². The topological polar surface area (TPSA) is 79.8 Å². The zero-order valence-electron chi connectivity index (χ0n) is 16.9. The number of para-hydroxylation sites is 1. The maximum Gasteiger partial charge on any atom is 0.238 e. The molecule has 1 aliphatic rings. The third-order valence-electron chi connectivity index (χ3n) is 4.53. The van der Waals surface area contributed by atoms with Crippen LogP contribution in [0, 0.1) is 6.92 Å². The molecule has 31 heavy (non-hydrogen) atoms. The Balaban J connectivity index is 1.39. The first-order valence-corrected chi connectivity index (χ1v) is 10.7. The van der Waals surface area contributed by atoms with Gasteiger partial charge in [0.25, 0.3) is 0 Å². The SMILES string of the molecule is Cc1ccc(N=C2NC(=O)C[C@H](C(=O)Nc3ccc(Oc4ccccc4)cc3)S2)cc1. The first-order chi connectivity index (χ1) is 15.0. The van der Waals surface area contributed by atoms with Crippen LogP contribution in [0.4, 0.5) is 11.4 Å². The average Bonchev–Trinajstić information content (AvgIpc) is 2.77. The molecule has 156 valence electrons. The van der Waals surface area contributed by atoms with Crippen LogP contribution in [0.3, 0.4) is 0 Å². The number of amidine groups is 1. The molecule has 4 rings (SSSR count). The second-order valence-electron chi connectivity index (χ2n) is 7.04. The lowest BCUT2D eigenvalue weighted by atomic mass is 10.2. The molecule has 3 aromatic rings. The smallest absolute Gasteiger partial charge is 0.238 e. The van der Waals surface area contributed by atoms with Crippen molar-refractivity contribution in [3.8, 4) is 11.5 Å². The Hall–Kier alpha value is -3.58. The maximum absolute atomic E-state index is 12.7. The van der Waals surface area contributed by atoms with Crippen LogP contribution >= 0.6 is 11.8 Å². The fraction of sp³-hybridized carbons (Fsp3) is 0.125. The van der Waals surface area contributed by atoms with E-state index in [-0.39, 0.29) is 18.2 Å². The van der Waals surface area contributed by atoms with Crippen LogP contribution in [0.15, 0.2) is 83.9 Å². The van der Waals surface area contributed by atoms with Crippen LogP contribution in [0.2, 0.25) is 0 Å². The van der Waals surface area contributed by atoms with Gasteiger partial charge in [-0.2, -0.15) is 0 Å². The molecule has 0 bridgehead atoms. The Morgan fingerprint density at radius 3 is 2.39 bits per heavy atom. The Kier molecular flexibility index (Phi) is 6.33. The molecule has 1 aliphatic heterocycles. The summed E-state index contributed by atoms with van der Waals surface area (Å²) in [7, 11) is 0. The number of aliphatic imine (C=N–C) groups is 1. The molecule has 0 unspecified atom stereocenters. The third kappa shape index (κ3) is 5.73. The molecule has 0 radical (unpaired) electrons. The first kappa shape index (κ1) is 20.7. The number of aryl methyl sites for hydroxylation is 1. The summed E-state index contributed by atoms with van der Waals surface area (Å²) in [6, 6.07) is 24.2. The zero-order valence-corrected chi connectivity index (χ0v) is 17.7. The Bertz CT molecular complexity index is 1100. The van der Waals surface area contributed by atoms with Crippen molar-refractivity contribution >= 4 is 40.1 Å². The molecule has 0 saturated carbocycles. The van der Waals surface area contributed by atoms with E-state index in [9.17, 15) is 9.59 Å². The van der Waals surface area contributed by atoms with Crippen molar-refractivity contribution in [2.45, 2.75) is 18.6 Å². The molecule has 7 heteroatoms. The van der Waals surface area contributed by atoms with Crippen molar-refractivity contribution in [1.29, 1.82) is 0 Å². The Morgan fingerprint density at radius 1 is 1.00 bits per heavy atom. The fourth-order valence-corrected chi connectivity index (χ4v) is 3.94. The van der Waals surface area contributed by atoms with Gasteiger partial charge in [-0.25, -0.2) is 4.99 Å². The summed E-state index contributed by atoms with van der Waals surface area (Å²) in [6.07, 6.45) is 0.0959. The number of ether oxygens (including phenoxy) is 1. The van der Waals surface area contributed by atoms with Crippen molar-refractivity contribution < 1.29 is 14.3 Å². The fourth-order valence-electron chi connectivity index (χ4n) is 2.94. The summed E-state index contributed by atoms with van der Waals surface area (Å²) in [5.41, 5.74) is 2.49. The number of rotatable bonds is 5. The minimum atomic E-state index is -0.557. The van der Waals surface area contributed by atoms with Crippen molar-refractivity contribution in [3.05, 3.63) is 84.4 Å². The summed E-state index contributed by atoms with van der Waals surface area (Å²) < 4.78 is 5.76. The second-order valence-corrected chi connectivity index (χ2v) is 8.23. The van der Waals surface area contributed by atoms with Gasteiger partial charge in [0.05, 0.1) is 5.69 Å². The molecule has 0 aliphatic carbocycles. The zero-order chi connectivity index (χ0) is 21.6. The van der Waals surface area contributed by atoms with Gasteiger partial charge >= 0.3 is 0 Å².